The summed E-state index contributed by atoms with van der Waals surface area (Å²) in [5.74, 6) is 0.155. The molecule has 10 nitrogen and oxygen atoms in total. The van der Waals surface area contributed by atoms with Crippen LogP contribution in [0.15, 0.2) is 59.8 Å². The molecule has 2 aromatic heterocycles. The van der Waals surface area contributed by atoms with Crippen LogP contribution in [-0.4, -0.2) is 34.0 Å². The van der Waals surface area contributed by atoms with Gasteiger partial charge in [-0.25, -0.2) is 13.1 Å². The number of sulfonamides is 1. The number of anilines is 1. The highest BCUT2D eigenvalue weighted by atomic mass is 32.2. The van der Waals surface area contributed by atoms with Gasteiger partial charge in [0, 0.05) is 18.1 Å². The molecular formula is C16H14N8O2S. The van der Waals surface area contributed by atoms with Crippen molar-refractivity contribution >= 4 is 21.3 Å². The Balaban J connectivity index is 1.66. The van der Waals surface area contributed by atoms with E-state index in [9.17, 15) is 8.42 Å². The second kappa shape index (κ2) is 8.17. The number of hydrogen-bond acceptors (Lipinski definition) is 8. The summed E-state index contributed by atoms with van der Waals surface area (Å²) in [4.78, 5) is 4.19. The van der Waals surface area contributed by atoms with Gasteiger partial charge in [-0.05, 0) is 41.6 Å². The molecule has 3 aromatic rings. The molecule has 136 valence electrons. The minimum atomic E-state index is -3.66. The van der Waals surface area contributed by atoms with Crippen molar-refractivity contribution in [3.63, 3.8) is 0 Å². The van der Waals surface area contributed by atoms with Crippen molar-refractivity contribution in [2.24, 2.45) is 0 Å². The summed E-state index contributed by atoms with van der Waals surface area (Å²) in [5, 5.41) is 25.1. The van der Waals surface area contributed by atoms with Crippen LogP contribution < -0.4 is 10.0 Å². The van der Waals surface area contributed by atoms with Gasteiger partial charge in [-0.1, -0.05) is 6.07 Å². The van der Waals surface area contributed by atoms with E-state index in [-0.39, 0.29) is 22.8 Å². The van der Waals surface area contributed by atoms with Crippen molar-refractivity contribution in [1.82, 2.24) is 30.3 Å². The zero-order valence-electron chi connectivity index (χ0n) is 13.9. The summed E-state index contributed by atoms with van der Waals surface area (Å²) < 4.78 is 27.2. The Morgan fingerprint density at radius 1 is 1.22 bits per heavy atom. The topological polar surface area (TPSA) is 149 Å². The van der Waals surface area contributed by atoms with Crippen LogP contribution in [0.25, 0.3) is 5.57 Å². The van der Waals surface area contributed by atoms with Crippen LogP contribution in [0.4, 0.5) is 5.69 Å². The molecule has 0 spiro atoms. The highest BCUT2D eigenvalue weighted by molar-refractivity contribution is 7.89. The fourth-order valence-corrected chi connectivity index (χ4v) is 3.06. The largest absolute Gasteiger partial charge is 0.360 e. The maximum Gasteiger partial charge on any atom is 0.240 e. The van der Waals surface area contributed by atoms with Crippen molar-refractivity contribution in [3.8, 4) is 6.07 Å². The lowest BCUT2D eigenvalue weighted by molar-refractivity contribution is 0.580. The number of hydrogen-bond donors (Lipinski definition) is 3. The molecule has 1 aromatic carbocycles. The molecule has 0 fully saturated rings. The standard InChI is InChI=1S/C16H14N8O2S/c17-9-12(16-21-23-24-22-16)10-19-13-4-6-15(7-5-13)27(25,26)20-11-14-3-1-2-8-18-14/h1-8,10,19-20H,11H2,(H,21,22,23,24). The molecule has 0 aliphatic carbocycles. The van der Waals surface area contributed by atoms with E-state index in [4.69, 9.17) is 5.26 Å². The van der Waals surface area contributed by atoms with Gasteiger partial charge in [0.2, 0.25) is 15.8 Å². The van der Waals surface area contributed by atoms with Crippen molar-refractivity contribution in [1.29, 1.82) is 5.26 Å². The fraction of sp³-hybridized carbons (Fsp3) is 0.0625. The van der Waals surface area contributed by atoms with Gasteiger partial charge < -0.3 is 5.32 Å². The predicted octanol–water partition coefficient (Wildman–Crippen LogP) is 1.05. The first-order valence-electron chi connectivity index (χ1n) is 7.69. The number of nitrogens with one attached hydrogen (secondary N) is 3. The van der Waals surface area contributed by atoms with E-state index in [1.54, 1.807) is 36.5 Å². The van der Waals surface area contributed by atoms with E-state index in [2.05, 4.69) is 35.6 Å². The van der Waals surface area contributed by atoms with E-state index in [1.807, 2.05) is 6.07 Å². The molecule has 0 bridgehead atoms. The number of H-pyrrole nitrogens is 1. The maximum atomic E-state index is 12.3. The molecule has 3 rings (SSSR count). The van der Waals surface area contributed by atoms with E-state index in [1.165, 1.54) is 18.3 Å². The number of nitriles is 1. The molecule has 0 amide bonds. The van der Waals surface area contributed by atoms with Crippen molar-refractivity contribution in [2.75, 3.05) is 5.32 Å². The van der Waals surface area contributed by atoms with Crippen LogP contribution in [0.5, 0.6) is 0 Å². The Morgan fingerprint density at radius 2 is 2.04 bits per heavy atom. The number of nitrogens with zero attached hydrogens (tertiary/aromatic N) is 5. The zero-order valence-corrected chi connectivity index (χ0v) is 14.7. The van der Waals surface area contributed by atoms with Gasteiger partial charge in [-0.2, -0.15) is 10.5 Å². The number of aromatic nitrogens is 5. The normalized spacial score (nSPS) is 11.7. The lowest BCUT2D eigenvalue weighted by Gasteiger charge is -2.07. The fourth-order valence-electron chi connectivity index (χ4n) is 2.06. The molecule has 27 heavy (non-hydrogen) atoms. The second-order valence-electron chi connectivity index (χ2n) is 5.22. The number of rotatable bonds is 7. The molecule has 2 heterocycles. The lowest BCUT2D eigenvalue weighted by atomic mass is 10.3. The van der Waals surface area contributed by atoms with E-state index < -0.39 is 10.0 Å². The molecule has 0 saturated heterocycles. The highest BCUT2D eigenvalue weighted by Gasteiger charge is 2.13. The maximum absolute atomic E-state index is 12.3. The Morgan fingerprint density at radius 3 is 2.67 bits per heavy atom. The minimum Gasteiger partial charge on any atom is -0.360 e. The van der Waals surface area contributed by atoms with Gasteiger partial charge in [-0.15, -0.1) is 10.2 Å². The third-order valence-electron chi connectivity index (χ3n) is 3.42. The number of aromatic amines is 1. The number of pyridine rings is 1. The van der Waals surface area contributed by atoms with Gasteiger partial charge in [0.05, 0.1) is 17.1 Å². The molecular weight excluding hydrogens is 368 g/mol. The Bertz CT molecular complexity index is 1060. The first-order chi connectivity index (χ1) is 13.1. The van der Waals surface area contributed by atoms with Crippen LogP contribution in [0, 0.1) is 11.3 Å². The number of tetrazole rings is 1. The van der Waals surface area contributed by atoms with Crippen LogP contribution in [0.3, 0.4) is 0 Å². The molecule has 11 heteroatoms. The van der Waals surface area contributed by atoms with Gasteiger partial charge in [0.25, 0.3) is 0 Å². The molecule has 0 aliphatic rings. The Hall–Kier alpha value is -3.62. The van der Waals surface area contributed by atoms with E-state index in [0.717, 1.165) is 0 Å². The molecule has 0 unspecified atom stereocenters. The van der Waals surface area contributed by atoms with Gasteiger partial charge in [0.1, 0.15) is 11.6 Å². The number of allylic oxidation sites excluding steroid dienone is 1. The van der Waals surface area contributed by atoms with Gasteiger partial charge in [0.15, 0.2) is 0 Å². The third kappa shape index (κ3) is 4.72. The van der Waals surface area contributed by atoms with Crippen molar-refractivity contribution in [2.45, 2.75) is 11.4 Å². The van der Waals surface area contributed by atoms with Crippen molar-refractivity contribution < 1.29 is 8.42 Å². The van der Waals surface area contributed by atoms with Crippen LogP contribution in [0.1, 0.15) is 11.5 Å². The van der Waals surface area contributed by atoms with Gasteiger partial charge in [-0.3, -0.25) is 4.98 Å². The molecule has 0 saturated carbocycles. The van der Waals surface area contributed by atoms with E-state index in [0.29, 0.717) is 11.4 Å². The quantitative estimate of drug-likeness (QED) is 0.513. The molecule has 0 atom stereocenters. The summed E-state index contributed by atoms with van der Waals surface area (Å²) >= 11 is 0. The average molecular weight is 382 g/mol. The third-order valence-corrected chi connectivity index (χ3v) is 4.84. The molecule has 3 N–H and O–H groups in total. The summed E-state index contributed by atoms with van der Waals surface area (Å²) in [7, 11) is -3.66. The Kier molecular flexibility index (Phi) is 5.50. The minimum absolute atomic E-state index is 0.0993. The molecule has 0 aliphatic heterocycles. The highest BCUT2D eigenvalue weighted by Crippen LogP contribution is 2.15. The van der Waals surface area contributed by atoms with Crippen LogP contribution in [0.2, 0.25) is 0 Å². The predicted molar refractivity (Wildman–Crippen MR) is 96.1 cm³/mol. The zero-order chi connectivity index (χ0) is 19.1. The summed E-state index contributed by atoms with van der Waals surface area (Å²) in [6, 6.07) is 13.3. The van der Waals surface area contributed by atoms with Crippen LogP contribution in [-0.2, 0) is 16.6 Å². The SMILES string of the molecule is N#CC(=CNc1ccc(S(=O)(=O)NCc2ccccn2)cc1)c1nn[nH]n1. The lowest BCUT2D eigenvalue weighted by Crippen LogP contribution is -2.23. The first kappa shape index (κ1) is 18.2. The second-order valence-corrected chi connectivity index (χ2v) is 6.99. The van der Waals surface area contributed by atoms with E-state index >= 15 is 0 Å². The molecule has 0 radical (unpaired) electrons. The monoisotopic (exact) mass is 382 g/mol. The summed E-state index contributed by atoms with van der Waals surface area (Å²) in [5.41, 5.74) is 1.39. The average Bonchev–Trinajstić information content (AvgIpc) is 3.23. The summed E-state index contributed by atoms with van der Waals surface area (Å²) in [6.45, 7) is 0.0993. The first-order valence-corrected chi connectivity index (χ1v) is 9.17. The van der Waals surface area contributed by atoms with Crippen molar-refractivity contribution in [3.05, 3.63) is 66.4 Å². The van der Waals surface area contributed by atoms with Crippen LogP contribution >= 0.6 is 0 Å². The Labute approximate surface area is 155 Å². The smallest absolute Gasteiger partial charge is 0.240 e. The van der Waals surface area contributed by atoms with Gasteiger partial charge >= 0.3 is 0 Å². The summed E-state index contributed by atoms with van der Waals surface area (Å²) in [6.07, 6.45) is 3.01. The number of benzene rings is 1.